The van der Waals surface area contributed by atoms with Crippen molar-refractivity contribution in [1.29, 1.82) is 0 Å². The Hall–Kier alpha value is -1.90. The second kappa shape index (κ2) is 5.95. The lowest BCUT2D eigenvalue weighted by Gasteiger charge is -2.46. The molecule has 0 aromatic heterocycles. The number of ether oxygens (including phenoxy) is 1. The van der Waals surface area contributed by atoms with E-state index in [1.54, 1.807) is 0 Å². The minimum atomic E-state index is -0.890. The summed E-state index contributed by atoms with van der Waals surface area (Å²) in [7, 11) is 0. The van der Waals surface area contributed by atoms with Gasteiger partial charge in [-0.15, -0.1) is 0 Å². The summed E-state index contributed by atoms with van der Waals surface area (Å²) in [6, 6.07) is 9.84. The van der Waals surface area contributed by atoms with Crippen molar-refractivity contribution in [2.75, 3.05) is 0 Å². The zero-order valence-corrected chi connectivity index (χ0v) is 13.9. The number of carbonyl (C=O) groups is 2. The summed E-state index contributed by atoms with van der Waals surface area (Å²) in [6.45, 7) is 3.80. The summed E-state index contributed by atoms with van der Waals surface area (Å²) in [4.78, 5) is 25.7. The van der Waals surface area contributed by atoms with Crippen LogP contribution in [-0.2, 0) is 14.3 Å². The second-order valence-electron chi connectivity index (χ2n) is 7.29. The van der Waals surface area contributed by atoms with E-state index in [1.165, 1.54) is 0 Å². The van der Waals surface area contributed by atoms with Crippen molar-refractivity contribution in [2.45, 2.75) is 52.1 Å². The Morgan fingerprint density at radius 2 is 1.70 bits per heavy atom. The largest absolute Gasteiger partial charge is 0.456 e. The average Bonchev–Trinajstić information content (AvgIpc) is 2.58. The molecule has 1 saturated heterocycles. The fraction of sp³-hybridized carbons (Fsp3) is 0.500. The van der Waals surface area contributed by atoms with Crippen LogP contribution in [0.5, 0.6) is 0 Å². The fourth-order valence-electron chi connectivity index (χ4n) is 3.84. The molecule has 1 saturated carbocycles. The molecule has 1 atom stereocenters. The highest BCUT2D eigenvalue weighted by molar-refractivity contribution is 6.08. The number of carbonyl (C=O) groups excluding carboxylic acids is 2. The van der Waals surface area contributed by atoms with Gasteiger partial charge < -0.3 is 4.74 Å². The second-order valence-corrected chi connectivity index (χ2v) is 7.29. The maximum absolute atomic E-state index is 13.1. The summed E-state index contributed by atoms with van der Waals surface area (Å²) < 4.78 is 5.74. The summed E-state index contributed by atoms with van der Waals surface area (Å²) in [5.74, 6) is -0.257. The summed E-state index contributed by atoms with van der Waals surface area (Å²) in [6.07, 6.45) is 7.51. The van der Waals surface area contributed by atoms with Crippen LogP contribution in [0.3, 0.4) is 0 Å². The first kappa shape index (κ1) is 16.0. The van der Waals surface area contributed by atoms with Gasteiger partial charge in [0.1, 0.15) is 11.5 Å². The van der Waals surface area contributed by atoms with E-state index in [4.69, 9.17) is 4.74 Å². The van der Waals surface area contributed by atoms with Gasteiger partial charge in [-0.1, -0.05) is 55.7 Å². The predicted octanol–water partition coefficient (Wildman–Crippen LogP) is 4.17. The Labute approximate surface area is 137 Å². The van der Waals surface area contributed by atoms with Crippen LogP contribution in [0, 0.1) is 10.8 Å². The third-order valence-corrected chi connectivity index (χ3v) is 5.33. The molecule has 0 radical (unpaired) electrons. The number of hydrogen-bond acceptors (Lipinski definition) is 3. The van der Waals surface area contributed by atoms with Crippen LogP contribution < -0.4 is 0 Å². The normalized spacial score (nSPS) is 26.4. The van der Waals surface area contributed by atoms with Crippen LogP contribution in [0.4, 0.5) is 0 Å². The van der Waals surface area contributed by atoms with Gasteiger partial charge in [0.2, 0.25) is 0 Å². The Kier molecular flexibility index (Phi) is 4.13. The van der Waals surface area contributed by atoms with E-state index < -0.39 is 16.9 Å². The van der Waals surface area contributed by atoms with E-state index in [1.807, 2.05) is 56.3 Å². The van der Waals surface area contributed by atoms with Crippen molar-refractivity contribution in [3.05, 3.63) is 42.0 Å². The van der Waals surface area contributed by atoms with Gasteiger partial charge in [-0.2, -0.15) is 0 Å². The molecule has 3 rings (SSSR count). The number of ketones is 1. The zero-order valence-electron chi connectivity index (χ0n) is 13.9. The van der Waals surface area contributed by atoms with E-state index in [0.29, 0.717) is 12.8 Å². The van der Waals surface area contributed by atoms with Crippen LogP contribution in [0.2, 0.25) is 0 Å². The Morgan fingerprint density at radius 1 is 1.04 bits per heavy atom. The molecule has 1 aromatic rings. The molecule has 1 aliphatic heterocycles. The molecule has 0 amide bonds. The van der Waals surface area contributed by atoms with Crippen molar-refractivity contribution < 1.29 is 14.3 Å². The van der Waals surface area contributed by atoms with Gasteiger partial charge in [-0.05, 0) is 38.3 Å². The van der Waals surface area contributed by atoms with Gasteiger partial charge in [0.25, 0.3) is 0 Å². The average molecular weight is 312 g/mol. The van der Waals surface area contributed by atoms with Crippen LogP contribution in [-0.4, -0.2) is 17.9 Å². The maximum atomic E-state index is 13.1. The molecule has 2 aliphatic rings. The smallest absolute Gasteiger partial charge is 0.320 e. The number of Topliss-reactive ketones (excluding diaryl/α,β-unsaturated/α-hetero) is 1. The highest BCUT2D eigenvalue weighted by Crippen LogP contribution is 2.48. The van der Waals surface area contributed by atoms with Crippen molar-refractivity contribution in [3.8, 4) is 0 Å². The van der Waals surface area contributed by atoms with Crippen molar-refractivity contribution in [2.24, 2.45) is 10.8 Å². The molecule has 1 heterocycles. The standard InChI is InChI=1S/C20H24O3/c1-19(2)16(12-11-15-9-5-3-6-10-15)23-18(22)20(17(19)21)13-7-4-8-14-20/h3,5-6,9-12,16H,4,7-8,13-14H2,1-2H3/t16-/m0/s1. The van der Waals surface area contributed by atoms with Gasteiger partial charge in [-0.3, -0.25) is 9.59 Å². The predicted molar refractivity (Wildman–Crippen MR) is 89.7 cm³/mol. The van der Waals surface area contributed by atoms with Crippen LogP contribution in [0.25, 0.3) is 6.08 Å². The van der Waals surface area contributed by atoms with Gasteiger partial charge >= 0.3 is 5.97 Å². The molecule has 2 fully saturated rings. The van der Waals surface area contributed by atoms with E-state index in [9.17, 15) is 9.59 Å². The van der Waals surface area contributed by atoms with Crippen LogP contribution in [0.15, 0.2) is 36.4 Å². The molecular weight excluding hydrogens is 288 g/mol. The molecule has 0 N–H and O–H groups in total. The van der Waals surface area contributed by atoms with Crippen LogP contribution >= 0.6 is 0 Å². The maximum Gasteiger partial charge on any atom is 0.320 e. The molecule has 1 spiro atoms. The fourth-order valence-corrected chi connectivity index (χ4v) is 3.84. The molecule has 1 aromatic carbocycles. The zero-order chi connectivity index (χ0) is 16.5. The van der Waals surface area contributed by atoms with Crippen molar-refractivity contribution in [3.63, 3.8) is 0 Å². The highest BCUT2D eigenvalue weighted by atomic mass is 16.5. The highest BCUT2D eigenvalue weighted by Gasteiger charge is 2.59. The Morgan fingerprint density at radius 3 is 2.35 bits per heavy atom. The summed E-state index contributed by atoms with van der Waals surface area (Å²) in [5.41, 5.74) is -0.542. The van der Waals surface area contributed by atoms with E-state index >= 15 is 0 Å². The number of esters is 1. The topological polar surface area (TPSA) is 43.4 Å². The number of rotatable bonds is 2. The lowest BCUT2D eigenvalue weighted by molar-refractivity contribution is -0.186. The molecular formula is C20H24O3. The van der Waals surface area contributed by atoms with Crippen molar-refractivity contribution in [1.82, 2.24) is 0 Å². The quantitative estimate of drug-likeness (QED) is 0.608. The van der Waals surface area contributed by atoms with Gasteiger partial charge in [-0.25, -0.2) is 0 Å². The van der Waals surface area contributed by atoms with Gasteiger partial charge in [0.15, 0.2) is 5.78 Å². The number of cyclic esters (lactones) is 1. The first-order chi connectivity index (χ1) is 11.0. The molecule has 0 bridgehead atoms. The Balaban J connectivity index is 1.86. The molecule has 23 heavy (non-hydrogen) atoms. The summed E-state index contributed by atoms with van der Waals surface area (Å²) >= 11 is 0. The van der Waals surface area contributed by atoms with Gasteiger partial charge in [0.05, 0.1) is 5.41 Å². The lowest BCUT2D eigenvalue weighted by atomic mass is 9.61. The molecule has 3 heteroatoms. The third-order valence-electron chi connectivity index (χ3n) is 5.33. The van der Waals surface area contributed by atoms with E-state index in [-0.39, 0.29) is 11.8 Å². The van der Waals surface area contributed by atoms with Gasteiger partial charge in [0, 0.05) is 0 Å². The molecule has 0 unspecified atom stereocenters. The first-order valence-electron chi connectivity index (χ1n) is 8.46. The molecule has 122 valence electrons. The van der Waals surface area contributed by atoms with E-state index in [2.05, 4.69) is 0 Å². The summed E-state index contributed by atoms with van der Waals surface area (Å²) in [5, 5.41) is 0. The minimum Gasteiger partial charge on any atom is -0.456 e. The number of benzene rings is 1. The van der Waals surface area contributed by atoms with Crippen molar-refractivity contribution >= 4 is 17.8 Å². The molecule has 3 nitrogen and oxygen atoms in total. The SMILES string of the molecule is CC1(C)C(=O)C2(CCCCC2)C(=O)O[C@H]1C=Cc1ccccc1. The van der Waals surface area contributed by atoms with Crippen LogP contribution in [0.1, 0.15) is 51.5 Å². The number of hydrogen-bond donors (Lipinski definition) is 0. The minimum absolute atomic E-state index is 0.0589. The first-order valence-corrected chi connectivity index (χ1v) is 8.46. The lowest BCUT2D eigenvalue weighted by Crippen LogP contribution is -2.58. The molecule has 1 aliphatic carbocycles. The third kappa shape index (κ3) is 2.73. The Bertz CT molecular complexity index is 622. The van der Waals surface area contributed by atoms with E-state index in [0.717, 1.165) is 24.8 Å². The monoisotopic (exact) mass is 312 g/mol.